The summed E-state index contributed by atoms with van der Waals surface area (Å²) in [5.41, 5.74) is 2.41. The predicted octanol–water partition coefficient (Wildman–Crippen LogP) is 1.81. The minimum absolute atomic E-state index is 0.121. The zero-order valence-electron chi connectivity index (χ0n) is 16.2. The van der Waals surface area contributed by atoms with E-state index in [1.807, 2.05) is 54.6 Å². The molecular weight excluding hydrogens is 368 g/mol. The molecule has 2 aromatic carbocycles. The van der Waals surface area contributed by atoms with Crippen molar-refractivity contribution in [1.82, 2.24) is 15.1 Å². The Kier molecular flexibility index (Phi) is 5.79. The fourth-order valence-electron chi connectivity index (χ4n) is 3.33. The average molecular weight is 391 g/mol. The van der Waals surface area contributed by atoms with Crippen LogP contribution in [-0.2, 0) is 17.8 Å². The number of fused-ring (bicyclic) bond motifs is 1. The number of aromatic nitrogens is 3. The second-order valence-corrected chi connectivity index (χ2v) is 6.92. The maximum atomic E-state index is 12.4. The summed E-state index contributed by atoms with van der Waals surface area (Å²) < 4.78 is 10.8. The highest BCUT2D eigenvalue weighted by Gasteiger charge is 2.17. The lowest BCUT2D eigenvalue weighted by Gasteiger charge is -2.17. The molecule has 0 fully saturated rings. The molecule has 0 bridgehead atoms. The summed E-state index contributed by atoms with van der Waals surface area (Å²) in [7, 11) is 1.68. The molecule has 0 spiro atoms. The zero-order valence-corrected chi connectivity index (χ0v) is 16.2. The Morgan fingerprint density at radius 2 is 1.86 bits per heavy atom. The highest BCUT2D eigenvalue weighted by molar-refractivity contribution is 5.77. The fourth-order valence-corrected chi connectivity index (χ4v) is 3.33. The van der Waals surface area contributed by atoms with Crippen molar-refractivity contribution >= 4 is 10.9 Å². The van der Waals surface area contributed by atoms with Crippen molar-refractivity contribution in [3.63, 3.8) is 0 Å². The van der Waals surface area contributed by atoms with E-state index in [1.165, 1.54) is 0 Å². The predicted molar refractivity (Wildman–Crippen MR) is 109 cm³/mol. The molecule has 1 atom stereocenters. The van der Waals surface area contributed by atoms with Crippen molar-refractivity contribution in [1.29, 1.82) is 0 Å². The van der Waals surface area contributed by atoms with E-state index in [0.29, 0.717) is 36.4 Å². The van der Waals surface area contributed by atoms with Crippen LogP contribution in [-0.4, -0.2) is 35.4 Å². The smallest absolute Gasteiger partial charge is 0.258 e. The number of quaternary nitrogens is 1. The summed E-state index contributed by atoms with van der Waals surface area (Å²) in [6.07, 6.45) is 0. The van der Waals surface area contributed by atoms with Crippen molar-refractivity contribution in [3.8, 4) is 11.3 Å². The van der Waals surface area contributed by atoms with Gasteiger partial charge in [0.05, 0.1) is 17.5 Å². The van der Waals surface area contributed by atoms with Crippen LogP contribution in [0.5, 0.6) is 0 Å². The molecule has 148 valence electrons. The van der Waals surface area contributed by atoms with E-state index in [-0.39, 0.29) is 5.56 Å². The SMILES string of the molecule is COCC[NH+](Cc1cc(-c2ccccc2)on1)Cc1nc2ccccc2c(=O)[nH]1. The van der Waals surface area contributed by atoms with Crippen LogP contribution in [0.25, 0.3) is 22.2 Å². The lowest BCUT2D eigenvalue weighted by molar-refractivity contribution is -0.928. The highest BCUT2D eigenvalue weighted by Crippen LogP contribution is 2.19. The van der Waals surface area contributed by atoms with E-state index in [4.69, 9.17) is 9.26 Å². The lowest BCUT2D eigenvalue weighted by Crippen LogP contribution is -3.10. The zero-order chi connectivity index (χ0) is 20.1. The van der Waals surface area contributed by atoms with Gasteiger partial charge in [0.1, 0.15) is 25.3 Å². The Bertz CT molecular complexity index is 1140. The third-order valence-electron chi connectivity index (χ3n) is 4.79. The molecule has 0 aliphatic heterocycles. The molecule has 29 heavy (non-hydrogen) atoms. The number of para-hydroxylation sites is 1. The molecule has 0 saturated heterocycles. The number of H-pyrrole nitrogens is 1. The van der Waals surface area contributed by atoms with E-state index < -0.39 is 0 Å². The van der Waals surface area contributed by atoms with Crippen LogP contribution in [0.4, 0.5) is 0 Å². The van der Waals surface area contributed by atoms with E-state index >= 15 is 0 Å². The maximum Gasteiger partial charge on any atom is 0.258 e. The maximum absolute atomic E-state index is 12.4. The number of rotatable bonds is 8. The van der Waals surface area contributed by atoms with Gasteiger partial charge in [0, 0.05) is 18.7 Å². The number of benzene rings is 2. The molecule has 0 aliphatic rings. The van der Waals surface area contributed by atoms with Crippen LogP contribution in [0, 0.1) is 0 Å². The van der Waals surface area contributed by atoms with Crippen molar-refractivity contribution < 1.29 is 14.2 Å². The van der Waals surface area contributed by atoms with Crippen molar-refractivity contribution in [2.75, 3.05) is 20.3 Å². The Hall–Kier alpha value is -3.29. The van der Waals surface area contributed by atoms with Crippen LogP contribution in [0.3, 0.4) is 0 Å². The van der Waals surface area contributed by atoms with Gasteiger partial charge in [0.2, 0.25) is 0 Å². The quantitative estimate of drug-likeness (QED) is 0.479. The molecule has 0 aliphatic carbocycles. The first-order chi connectivity index (χ1) is 14.2. The second kappa shape index (κ2) is 8.81. The van der Waals surface area contributed by atoms with Gasteiger partial charge in [-0.3, -0.25) is 4.79 Å². The van der Waals surface area contributed by atoms with Crippen LogP contribution in [0.15, 0.2) is 70.0 Å². The van der Waals surface area contributed by atoms with Crippen molar-refractivity contribution in [2.45, 2.75) is 13.1 Å². The molecule has 4 aromatic rings. The summed E-state index contributed by atoms with van der Waals surface area (Å²) in [6, 6.07) is 19.2. The van der Waals surface area contributed by atoms with Gasteiger partial charge in [0.25, 0.3) is 5.56 Å². The standard InChI is InChI=1S/C22H22N4O3/c1-28-12-11-26(14-17-13-20(29-25-17)16-7-3-2-4-8-16)15-21-23-19-10-6-5-9-18(19)22(27)24-21/h2-10,13H,11-12,14-15H2,1H3,(H,23,24,27)/p+1. The first-order valence-electron chi connectivity index (χ1n) is 9.54. The van der Waals surface area contributed by atoms with E-state index in [2.05, 4.69) is 15.1 Å². The Labute approximate surface area is 167 Å². The van der Waals surface area contributed by atoms with Gasteiger partial charge in [0.15, 0.2) is 11.6 Å². The van der Waals surface area contributed by atoms with Gasteiger partial charge in [-0.1, -0.05) is 47.6 Å². The van der Waals surface area contributed by atoms with Gasteiger partial charge in [-0.25, -0.2) is 4.98 Å². The first-order valence-corrected chi connectivity index (χ1v) is 9.54. The van der Waals surface area contributed by atoms with Crippen LogP contribution >= 0.6 is 0 Å². The monoisotopic (exact) mass is 391 g/mol. The van der Waals surface area contributed by atoms with Gasteiger partial charge in [-0.15, -0.1) is 0 Å². The Balaban J connectivity index is 1.54. The summed E-state index contributed by atoms with van der Waals surface area (Å²) in [4.78, 5) is 21.0. The number of methoxy groups -OCH3 is 1. The number of nitrogens with zero attached hydrogens (tertiary/aromatic N) is 2. The molecule has 2 heterocycles. The molecular formula is C22H23N4O3+. The van der Waals surface area contributed by atoms with E-state index in [0.717, 1.165) is 28.5 Å². The summed E-state index contributed by atoms with van der Waals surface area (Å²) in [5.74, 6) is 1.38. The number of hydrogen-bond acceptors (Lipinski definition) is 5. The molecule has 7 nitrogen and oxygen atoms in total. The topological polar surface area (TPSA) is 85.4 Å². The van der Waals surface area contributed by atoms with Gasteiger partial charge >= 0.3 is 0 Å². The van der Waals surface area contributed by atoms with E-state index in [9.17, 15) is 4.79 Å². The third kappa shape index (κ3) is 4.59. The normalized spacial score (nSPS) is 12.3. The third-order valence-corrected chi connectivity index (χ3v) is 4.79. The molecule has 1 unspecified atom stereocenters. The van der Waals surface area contributed by atoms with Crippen molar-refractivity contribution in [3.05, 3.63) is 82.5 Å². The molecule has 2 N–H and O–H groups in total. The first kappa shape index (κ1) is 19.0. The van der Waals surface area contributed by atoms with Gasteiger partial charge in [-0.2, -0.15) is 0 Å². The summed E-state index contributed by atoms with van der Waals surface area (Å²) in [6.45, 7) is 2.53. The number of ether oxygens (including phenoxy) is 1. The van der Waals surface area contributed by atoms with Crippen LogP contribution in [0.2, 0.25) is 0 Å². The molecule has 4 rings (SSSR count). The Morgan fingerprint density at radius 3 is 2.69 bits per heavy atom. The van der Waals surface area contributed by atoms with Crippen LogP contribution < -0.4 is 10.5 Å². The second-order valence-electron chi connectivity index (χ2n) is 6.92. The summed E-state index contributed by atoms with van der Waals surface area (Å²) in [5, 5.41) is 4.82. The molecule has 0 radical (unpaired) electrons. The van der Waals surface area contributed by atoms with Gasteiger partial charge < -0.3 is 19.1 Å². The molecule has 0 amide bonds. The number of aromatic amines is 1. The summed E-state index contributed by atoms with van der Waals surface area (Å²) >= 11 is 0. The number of hydrogen-bond donors (Lipinski definition) is 2. The minimum atomic E-state index is -0.121. The largest absolute Gasteiger partial charge is 0.379 e. The van der Waals surface area contributed by atoms with Crippen molar-refractivity contribution in [2.24, 2.45) is 0 Å². The van der Waals surface area contributed by atoms with Gasteiger partial charge in [-0.05, 0) is 12.1 Å². The van der Waals surface area contributed by atoms with E-state index in [1.54, 1.807) is 13.2 Å². The molecule has 2 aromatic heterocycles. The fraction of sp³-hybridized carbons (Fsp3) is 0.227. The lowest BCUT2D eigenvalue weighted by atomic mass is 10.1. The highest BCUT2D eigenvalue weighted by atomic mass is 16.5. The molecule has 7 heteroatoms. The minimum Gasteiger partial charge on any atom is -0.379 e. The number of nitrogens with one attached hydrogen (secondary N) is 2. The average Bonchev–Trinajstić information content (AvgIpc) is 3.21. The van der Waals surface area contributed by atoms with Crippen LogP contribution in [0.1, 0.15) is 11.5 Å². The Morgan fingerprint density at radius 1 is 1.07 bits per heavy atom. The molecule has 0 saturated carbocycles.